The Bertz CT molecular complexity index is 153. The topological polar surface area (TPSA) is 32.3 Å². The molecular weight excluding hydrogens is 186 g/mol. The summed E-state index contributed by atoms with van der Waals surface area (Å²) in [5.74, 6) is 1.32. The minimum Gasteiger partial charge on any atom is -0.396 e. The molecule has 0 radical (unpaired) electrons. The zero-order chi connectivity index (χ0) is 10.5. The fraction of sp³-hybridized carbons (Fsp3) is 1.00. The van der Waals surface area contributed by atoms with E-state index < -0.39 is 0 Å². The minimum absolute atomic E-state index is 0.391. The van der Waals surface area contributed by atoms with Crippen molar-refractivity contribution in [1.29, 1.82) is 0 Å². The van der Waals surface area contributed by atoms with Crippen molar-refractivity contribution in [3.8, 4) is 0 Å². The van der Waals surface area contributed by atoms with Gasteiger partial charge in [-0.05, 0) is 25.3 Å². The first-order valence-electron chi connectivity index (χ1n) is 6.76. The van der Waals surface area contributed by atoms with Crippen molar-refractivity contribution in [2.75, 3.05) is 13.2 Å². The van der Waals surface area contributed by atoms with Crippen LogP contribution < -0.4 is 5.32 Å². The standard InChI is InChI=1S/C13H25NO/c15-10-12(11-6-2-1-3-7-11)13-8-4-5-9-14-13/h11-15H,1-10H2. The molecule has 2 heteroatoms. The molecule has 0 aromatic rings. The molecule has 1 heterocycles. The highest BCUT2D eigenvalue weighted by molar-refractivity contribution is 4.85. The highest BCUT2D eigenvalue weighted by Crippen LogP contribution is 2.33. The van der Waals surface area contributed by atoms with Crippen LogP contribution in [0, 0.1) is 11.8 Å². The fourth-order valence-electron chi connectivity index (χ4n) is 3.41. The molecule has 15 heavy (non-hydrogen) atoms. The van der Waals surface area contributed by atoms with Gasteiger partial charge in [-0.15, -0.1) is 0 Å². The third-order valence-corrected chi connectivity index (χ3v) is 4.33. The van der Waals surface area contributed by atoms with Crippen LogP contribution in [-0.4, -0.2) is 24.3 Å². The van der Waals surface area contributed by atoms with Crippen molar-refractivity contribution >= 4 is 0 Å². The monoisotopic (exact) mass is 211 g/mol. The van der Waals surface area contributed by atoms with Crippen molar-refractivity contribution in [2.45, 2.75) is 57.4 Å². The fourth-order valence-corrected chi connectivity index (χ4v) is 3.41. The Balaban J connectivity index is 1.88. The van der Waals surface area contributed by atoms with Crippen LogP contribution in [0.2, 0.25) is 0 Å². The van der Waals surface area contributed by atoms with E-state index >= 15 is 0 Å². The summed E-state index contributed by atoms with van der Waals surface area (Å²) in [4.78, 5) is 0. The SMILES string of the molecule is OCC(C1CCCCC1)C1CCCCN1. The molecule has 2 aliphatic rings. The van der Waals surface area contributed by atoms with E-state index in [2.05, 4.69) is 5.32 Å². The summed E-state index contributed by atoms with van der Waals surface area (Å²) < 4.78 is 0. The maximum absolute atomic E-state index is 9.59. The average molecular weight is 211 g/mol. The van der Waals surface area contributed by atoms with Gasteiger partial charge in [-0.25, -0.2) is 0 Å². The van der Waals surface area contributed by atoms with Crippen LogP contribution in [-0.2, 0) is 0 Å². The third kappa shape index (κ3) is 2.94. The van der Waals surface area contributed by atoms with E-state index in [4.69, 9.17) is 0 Å². The van der Waals surface area contributed by atoms with E-state index in [0.717, 1.165) is 12.5 Å². The summed E-state index contributed by atoms with van der Waals surface area (Å²) in [5, 5.41) is 13.2. The number of nitrogens with one attached hydrogen (secondary N) is 1. The Morgan fingerprint density at radius 2 is 1.73 bits per heavy atom. The van der Waals surface area contributed by atoms with Crippen molar-refractivity contribution < 1.29 is 5.11 Å². The molecule has 2 atom stereocenters. The lowest BCUT2D eigenvalue weighted by Gasteiger charge is -2.37. The maximum atomic E-state index is 9.59. The summed E-state index contributed by atoms with van der Waals surface area (Å²) in [5.41, 5.74) is 0. The van der Waals surface area contributed by atoms with Gasteiger partial charge in [-0.1, -0.05) is 38.5 Å². The van der Waals surface area contributed by atoms with Gasteiger partial charge in [0.05, 0.1) is 0 Å². The molecule has 2 N–H and O–H groups in total. The second-order valence-corrected chi connectivity index (χ2v) is 5.30. The second kappa shape index (κ2) is 5.86. The van der Waals surface area contributed by atoms with Crippen molar-refractivity contribution in [1.82, 2.24) is 5.32 Å². The lowest BCUT2D eigenvalue weighted by molar-refractivity contribution is 0.102. The molecular formula is C13H25NO. The Kier molecular flexibility index (Phi) is 4.45. The van der Waals surface area contributed by atoms with Crippen LogP contribution in [0.5, 0.6) is 0 Å². The van der Waals surface area contributed by atoms with Gasteiger partial charge >= 0.3 is 0 Å². The molecule has 88 valence electrons. The van der Waals surface area contributed by atoms with E-state index in [1.807, 2.05) is 0 Å². The third-order valence-electron chi connectivity index (χ3n) is 4.33. The number of hydrogen-bond acceptors (Lipinski definition) is 2. The van der Waals surface area contributed by atoms with Gasteiger partial charge in [-0.2, -0.15) is 0 Å². The van der Waals surface area contributed by atoms with Crippen molar-refractivity contribution in [2.24, 2.45) is 11.8 Å². The molecule has 2 rings (SSSR count). The Hall–Kier alpha value is -0.0800. The predicted octanol–water partition coefficient (Wildman–Crippen LogP) is 2.32. The van der Waals surface area contributed by atoms with Crippen LogP contribution in [0.3, 0.4) is 0 Å². The van der Waals surface area contributed by atoms with Gasteiger partial charge in [0.25, 0.3) is 0 Å². The Morgan fingerprint density at radius 3 is 2.33 bits per heavy atom. The summed E-state index contributed by atoms with van der Waals surface area (Å²) in [7, 11) is 0. The number of piperidine rings is 1. The molecule has 1 saturated carbocycles. The summed E-state index contributed by atoms with van der Waals surface area (Å²) in [6, 6.07) is 0.604. The second-order valence-electron chi connectivity index (χ2n) is 5.30. The van der Waals surface area contributed by atoms with Gasteiger partial charge in [0.15, 0.2) is 0 Å². The lowest BCUT2D eigenvalue weighted by atomic mass is 9.75. The van der Waals surface area contributed by atoms with Crippen LogP contribution >= 0.6 is 0 Å². The first-order valence-corrected chi connectivity index (χ1v) is 6.76. The largest absolute Gasteiger partial charge is 0.396 e. The predicted molar refractivity (Wildman–Crippen MR) is 62.8 cm³/mol. The van der Waals surface area contributed by atoms with E-state index in [9.17, 15) is 5.11 Å². The Labute approximate surface area is 93.5 Å². The smallest absolute Gasteiger partial charge is 0.0476 e. The number of rotatable bonds is 3. The highest BCUT2D eigenvalue weighted by atomic mass is 16.3. The van der Waals surface area contributed by atoms with Crippen LogP contribution in [0.15, 0.2) is 0 Å². The number of aliphatic hydroxyl groups excluding tert-OH is 1. The molecule has 1 aliphatic carbocycles. The summed E-state index contributed by atoms with van der Waals surface area (Å²) in [6.07, 6.45) is 10.8. The quantitative estimate of drug-likeness (QED) is 0.751. The average Bonchev–Trinajstić information content (AvgIpc) is 2.33. The minimum atomic E-state index is 0.391. The molecule has 0 aromatic heterocycles. The zero-order valence-corrected chi connectivity index (χ0v) is 9.75. The number of hydrogen-bond donors (Lipinski definition) is 2. The molecule has 2 unspecified atom stereocenters. The number of aliphatic hydroxyl groups is 1. The van der Waals surface area contributed by atoms with Crippen molar-refractivity contribution in [3.63, 3.8) is 0 Å². The molecule has 0 amide bonds. The van der Waals surface area contributed by atoms with E-state index in [-0.39, 0.29) is 0 Å². The molecule has 2 nitrogen and oxygen atoms in total. The Morgan fingerprint density at radius 1 is 1.00 bits per heavy atom. The lowest BCUT2D eigenvalue weighted by Crippen LogP contribution is -2.44. The zero-order valence-electron chi connectivity index (χ0n) is 9.75. The van der Waals surface area contributed by atoms with E-state index in [1.54, 1.807) is 0 Å². The molecule has 0 spiro atoms. The van der Waals surface area contributed by atoms with Crippen LogP contribution in [0.4, 0.5) is 0 Å². The van der Waals surface area contributed by atoms with Crippen LogP contribution in [0.1, 0.15) is 51.4 Å². The normalized spacial score (nSPS) is 31.4. The maximum Gasteiger partial charge on any atom is 0.0476 e. The van der Waals surface area contributed by atoms with E-state index in [1.165, 1.54) is 51.4 Å². The molecule has 0 aromatic carbocycles. The first kappa shape index (κ1) is 11.4. The van der Waals surface area contributed by atoms with Gasteiger partial charge in [0.1, 0.15) is 0 Å². The molecule has 1 aliphatic heterocycles. The summed E-state index contributed by atoms with van der Waals surface area (Å²) in [6.45, 7) is 1.55. The molecule has 0 bridgehead atoms. The van der Waals surface area contributed by atoms with Crippen LogP contribution in [0.25, 0.3) is 0 Å². The van der Waals surface area contributed by atoms with Crippen molar-refractivity contribution in [3.05, 3.63) is 0 Å². The molecule has 1 saturated heterocycles. The molecule has 2 fully saturated rings. The van der Waals surface area contributed by atoms with Gasteiger partial charge in [0, 0.05) is 18.6 Å². The van der Waals surface area contributed by atoms with Gasteiger partial charge in [-0.3, -0.25) is 0 Å². The highest BCUT2D eigenvalue weighted by Gasteiger charge is 2.30. The van der Waals surface area contributed by atoms with Gasteiger partial charge in [0.2, 0.25) is 0 Å². The first-order chi connectivity index (χ1) is 7.42. The van der Waals surface area contributed by atoms with Gasteiger partial charge < -0.3 is 10.4 Å². The van der Waals surface area contributed by atoms with E-state index in [0.29, 0.717) is 18.6 Å². The summed E-state index contributed by atoms with van der Waals surface area (Å²) >= 11 is 0.